The molecule has 1 rings (SSSR count). The van der Waals surface area contributed by atoms with E-state index in [4.69, 9.17) is 4.74 Å². The first-order chi connectivity index (χ1) is 7.63. The molecule has 4 heteroatoms. The second-order valence-electron chi connectivity index (χ2n) is 6.24. The van der Waals surface area contributed by atoms with E-state index in [2.05, 4.69) is 0 Å². The molecule has 0 saturated heterocycles. The summed E-state index contributed by atoms with van der Waals surface area (Å²) in [6.45, 7) is 10.1. The van der Waals surface area contributed by atoms with E-state index in [0.29, 0.717) is 13.0 Å². The van der Waals surface area contributed by atoms with Gasteiger partial charge in [-0.15, -0.1) is 0 Å². The van der Waals surface area contributed by atoms with E-state index in [-0.39, 0.29) is 12.1 Å². The Bertz CT molecular complexity index is 277. The van der Waals surface area contributed by atoms with Crippen molar-refractivity contribution in [2.75, 3.05) is 6.54 Å². The zero-order valence-electron chi connectivity index (χ0n) is 11.6. The number of carbonyl (C=O) groups excluding carboxylic acids is 1. The molecule has 0 heterocycles. The van der Waals surface area contributed by atoms with Gasteiger partial charge in [0.25, 0.3) is 0 Å². The minimum atomic E-state index is -0.519. The molecule has 1 aliphatic rings. The van der Waals surface area contributed by atoms with Gasteiger partial charge in [0.15, 0.2) is 0 Å². The van der Waals surface area contributed by atoms with Crippen molar-refractivity contribution in [3.63, 3.8) is 0 Å². The lowest BCUT2D eigenvalue weighted by Gasteiger charge is -2.30. The van der Waals surface area contributed by atoms with Gasteiger partial charge in [-0.3, -0.25) is 0 Å². The highest BCUT2D eigenvalue weighted by atomic mass is 16.6. The molecule has 0 bridgehead atoms. The minimum Gasteiger partial charge on any atom is -0.444 e. The maximum absolute atomic E-state index is 12.0. The average Bonchev–Trinajstić information content (AvgIpc) is 2.80. The van der Waals surface area contributed by atoms with E-state index in [9.17, 15) is 9.90 Å². The molecule has 0 aliphatic heterocycles. The van der Waals surface area contributed by atoms with Crippen LogP contribution in [0.3, 0.4) is 0 Å². The number of carbonyl (C=O) groups is 1. The monoisotopic (exact) mass is 243 g/mol. The molecule has 100 valence electrons. The number of aliphatic hydroxyl groups is 1. The van der Waals surface area contributed by atoms with Crippen LogP contribution >= 0.6 is 0 Å². The van der Waals surface area contributed by atoms with Crippen LogP contribution in [0.1, 0.15) is 53.9 Å². The lowest BCUT2D eigenvalue weighted by Crippen LogP contribution is -2.42. The van der Waals surface area contributed by atoms with Crippen molar-refractivity contribution in [2.24, 2.45) is 0 Å². The van der Waals surface area contributed by atoms with Crippen LogP contribution in [0.2, 0.25) is 0 Å². The van der Waals surface area contributed by atoms with Gasteiger partial charge in [0.05, 0.1) is 5.60 Å². The lowest BCUT2D eigenvalue weighted by molar-refractivity contribution is 0.0149. The number of nitrogens with zero attached hydrogens (tertiary/aromatic N) is 1. The van der Waals surface area contributed by atoms with Crippen molar-refractivity contribution in [1.82, 2.24) is 4.90 Å². The number of hydrogen-bond donors (Lipinski definition) is 1. The van der Waals surface area contributed by atoms with Crippen LogP contribution in [0.15, 0.2) is 0 Å². The van der Waals surface area contributed by atoms with E-state index in [0.717, 1.165) is 12.8 Å². The van der Waals surface area contributed by atoms with Gasteiger partial charge in [-0.1, -0.05) is 0 Å². The molecule has 1 fully saturated rings. The molecule has 0 aromatic rings. The summed E-state index contributed by atoms with van der Waals surface area (Å²) in [7, 11) is 0. The number of ether oxygens (including phenoxy) is 1. The molecule has 17 heavy (non-hydrogen) atoms. The van der Waals surface area contributed by atoms with Crippen molar-refractivity contribution in [3.8, 4) is 0 Å². The Hall–Kier alpha value is -0.770. The van der Waals surface area contributed by atoms with E-state index in [1.807, 2.05) is 34.6 Å². The summed E-state index contributed by atoms with van der Waals surface area (Å²) >= 11 is 0. The van der Waals surface area contributed by atoms with Crippen LogP contribution in [0, 0.1) is 0 Å². The van der Waals surface area contributed by atoms with Gasteiger partial charge in [0.2, 0.25) is 0 Å². The van der Waals surface area contributed by atoms with Gasteiger partial charge in [-0.2, -0.15) is 0 Å². The van der Waals surface area contributed by atoms with Crippen molar-refractivity contribution in [3.05, 3.63) is 0 Å². The average molecular weight is 243 g/mol. The Kier molecular flexibility index (Phi) is 4.07. The highest BCUT2D eigenvalue weighted by Gasteiger charge is 2.40. The second-order valence-corrected chi connectivity index (χ2v) is 6.24. The van der Waals surface area contributed by atoms with Crippen LogP contribution < -0.4 is 0 Å². The molecule has 1 aliphatic carbocycles. The van der Waals surface area contributed by atoms with Gasteiger partial charge in [0.1, 0.15) is 5.60 Å². The first-order valence-electron chi connectivity index (χ1n) is 6.35. The summed E-state index contributed by atoms with van der Waals surface area (Å²) in [5, 5.41) is 9.79. The quantitative estimate of drug-likeness (QED) is 0.825. The molecular formula is C13H25NO3. The van der Waals surface area contributed by atoms with Gasteiger partial charge < -0.3 is 14.7 Å². The Balaban J connectivity index is 2.49. The number of rotatable bonds is 4. The molecule has 0 unspecified atom stereocenters. The fraction of sp³-hybridized carbons (Fsp3) is 0.923. The minimum absolute atomic E-state index is 0.0900. The fourth-order valence-electron chi connectivity index (χ4n) is 1.60. The molecule has 0 atom stereocenters. The van der Waals surface area contributed by atoms with Crippen molar-refractivity contribution in [2.45, 2.75) is 71.1 Å². The van der Waals surface area contributed by atoms with E-state index >= 15 is 0 Å². The summed E-state index contributed by atoms with van der Waals surface area (Å²) in [6, 6.07) is 0.0900. The third-order valence-corrected chi connectivity index (χ3v) is 2.90. The van der Waals surface area contributed by atoms with Crippen LogP contribution in [0.4, 0.5) is 4.79 Å². The van der Waals surface area contributed by atoms with Gasteiger partial charge in [0, 0.05) is 12.6 Å². The normalized spacial score (nSPS) is 18.1. The molecule has 1 N–H and O–H groups in total. The summed E-state index contributed by atoms with van der Waals surface area (Å²) in [5.41, 5.74) is -0.990. The highest BCUT2D eigenvalue weighted by molar-refractivity contribution is 5.68. The van der Waals surface area contributed by atoms with Crippen molar-refractivity contribution < 1.29 is 14.6 Å². The van der Waals surface area contributed by atoms with E-state index < -0.39 is 11.2 Å². The maximum atomic E-state index is 12.0. The standard InChI is InChI=1S/C13H25NO3/c1-10(2)14(9-8-13(16)6-7-13)11(15)17-12(3,4)5/h10,16H,6-9H2,1-5H3. The zero-order valence-corrected chi connectivity index (χ0v) is 11.6. The van der Waals surface area contributed by atoms with Gasteiger partial charge in [-0.25, -0.2) is 4.79 Å². The third kappa shape index (κ3) is 4.94. The highest BCUT2D eigenvalue weighted by Crippen LogP contribution is 2.38. The van der Waals surface area contributed by atoms with Gasteiger partial charge in [-0.05, 0) is 53.9 Å². The van der Waals surface area contributed by atoms with Crippen molar-refractivity contribution in [1.29, 1.82) is 0 Å². The summed E-state index contributed by atoms with van der Waals surface area (Å²) in [4.78, 5) is 13.6. The van der Waals surface area contributed by atoms with Crippen molar-refractivity contribution >= 4 is 6.09 Å². The van der Waals surface area contributed by atoms with Crippen LogP contribution in [-0.2, 0) is 4.74 Å². The molecule has 1 saturated carbocycles. The fourth-order valence-corrected chi connectivity index (χ4v) is 1.60. The van der Waals surface area contributed by atoms with Crippen LogP contribution in [0.25, 0.3) is 0 Å². The summed E-state index contributed by atoms with van der Waals surface area (Å²) < 4.78 is 5.35. The molecule has 0 radical (unpaired) electrons. The molecule has 4 nitrogen and oxygen atoms in total. The Morgan fingerprint density at radius 1 is 1.41 bits per heavy atom. The number of hydrogen-bond acceptors (Lipinski definition) is 3. The maximum Gasteiger partial charge on any atom is 0.410 e. The Morgan fingerprint density at radius 2 is 1.94 bits per heavy atom. The van der Waals surface area contributed by atoms with Crippen LogP contribution in [-0.4, -0.2) is 39.9 Å². The number of amides is 1. The zero-order chi connectivity index (χ0) is 13.3. The van der Waals surface area contributed by atoms with Crippen LogP contribution in [0.5, 0.6) is 0 Å². The molecule has 0 aromatic heterocycles. The SMILES string of the molecule is CC(C)N(CCC1(O)CC1)C(=O)OC(C)(C)C. The summed E-state index contributed by atoms with van der Waals surface area (Å²) in [5.74, 6) is 0. The topological polar surface area (TPSA) is 49.8 Å². The first-order valence-corrected chi connectivity index (χ1v) is 6.35. The third-order valence-electron chi connectivity index (χ3n) is 2.90. The Labute approximate surface area is 104 Å². The van der Waals surface area contributed by atoms with Gasteiger partial charge >= 0.3 is 6.09 Å². The molecular weight excluding hydrogens is 218 g/mol. The molecule has 0 spiro atoms. The Morgan fingerprint density at radius 3 is 2.29 bits per heavy atom. The lowest BCUT2D eigenvalue weighted by atomic mass is 10.2. The predicted molar refractivity (Wildman–Crippen MR) is 66.9 cm³/mol. The molecule has 0 aromatic carbocycles. The smallest absolute Gasteiger partial charge is 0.410 e. The van der Waals surface area contributed by atoms with E-state index in [1.165, 1.54) is 0 Å². The summed E-state index contributed by atoms with van der Waals surface area (Å²) in [6.07, 6.45) is 2.06. The molecule has 1 amide bonds. The van der Waals surface area contributed by atoms with E-state index in [1.54, 1.807) is 4.90 Å². The predicted octanol–water partition coefficient (Wildman–Crippen LogP) is 2.55. The second kappa shape index (κ2) is 4.84. The largest absolute Gasteiger partial charge is 0.444 e. The first kappa shape index (κ1) is 14.3.